The second kappa shape index (κ2) is 5.53. The van der Waals surface area contributed by atoms with E-state index in [-0.39, 0.29) is 5.41 Å². The van der Waals surface area contributed by atoms with E-state index in [0.717, 1.165) is 29.7 Å². The van der Waals surface area contributed by atoms with Crippen molar-refractivity contribution in [3.63, 3.8) is 0 Å². The summed E-state index contributed by atoms with van der Waals surface area (Å²) in [5.74, 6) is 0. The van der Waals surface area contributed by atoms with Gasteiger partial charge in [0.05, 0.1) is 17.4 Å². The van der Waals surface area contributed by atoms with Gasteiger partial charge in [-0.05, 0) is 31.6 Å². The molecule has 0 fully saturated rings. The van der Waals surface area contributed by atoms with Crippen LogP contribution in [0.4, 0.5) is 5.69 Å². The lowest BCUT2D eigenvalue weighted by Gasteiger charge is -2.29. The Bertz CT molecular complexity index is 543. The summed E-state index contributed by atoms with van der Waals surface area (Å²) < 4.78 is 0. The Morgan fingerprint density at radius 1 is 1.26 bits per heavy atom. The number of nitrogens with one attached hydrogen (secondary N) is 1. The third-order valence-electron chi connectivity index (χ3n) is 3.01. The first-order valence-corrected chi connectivity index (χ1v) is 6.55. The molecule has 0 atom stereocenters. The van der Waals surface area contributed by atoms with Crippen LogP contribution in [0, 0.1) is 5.41 Å². The van der Waals surface area contributed by atoms with Crippen molar-refractivity contribution in [2.24, 2.45) is 5.41 Å². The normalized spacial score (nSPS) is 12.1. The summed E-state index contributed by atoms with van der Waals surface area (Å²) in [6.45, 7) is 6.44. The number of hydrogen-bond acceptors (Lipinski definition) is 4. The minimum Gasteiger partial charge on any atom is -0.381 e. The van der Waals surface area contributed by atoms with Crippen LogP contribution in [0.25, 0.3) is 10.9 Å². The van der Waals surface area contributed by atoms with E-state index in [1.807, 2.05) is 30.7 Å². The Morgan fingerprint density at radius 3 is 2.79 bits per heavy atom. The Morgan fingerprint density at radius 2 is 2.05 bits per heavy atom. The van der Waals surface area contributed by atoms with Crippen LogP contribution >= 0.6 is 0 Å². The molecule has 2 rings (SSSR count). The average Bonchev–Trinajstić information content (AvgIpc) is 2.35. The van der Waals surface area contributed by atoms with Crippen molar-refractivity contribution < 1.29 is 0 Å². The van der Waals surface area contributed by atoms with Crippen LogP contribution in [0.1, 0.15) is 13.8 Å². The Balaban J connectivity index is 2.14. The summed E-state index contributed by atoms with van der Waals surface area (Å²) in [4.78, 5) is 10.9. The molecule has 0 saturated heterocycles. The molecule has 1 N–H and O–H groups in total. The SMILES string of the molecule is CN(C)CC(C)(C)CNc1cncc2cccnc12. The molecule has 0 aromatic carbocycles. The molecule has 0 radical (unpaired) electrons. The highest BCUT2D eigenvalue weighted by Crippen LogP contribution is 2.22. The number of aromatic nitrogens is 2. The van der Waals surface area contributed by atoms with E-state index in [9.17, 15) is 0 Å². The predicted octanol–water partition coefficient (Wildman–Crippen LogP) is 2.63. The zero-order valence-electron chi connectivity index (χ0n) is 12.1. The van der Waals surface area contributed by atoms with E-state index in [4.69, 9.17) is 0 Å². The van der Waals surface area contributed by atoms with Crippen LogP contribution in [-0.4, -0.2) is 42.1 Å². The first-order chi connectivity index (χ1) is 8.98. The first kappa shape index (κ1) is 13.7. The highest BCUT2D eigenvalue weighted by Gasteiger charge is 2.19. The van der Waals surface area contributed by atoms with E-state index >= 15 is 0 Å². The fourth-order valence-electron chi connectivity index (χ4n) is 2.38. The molecule has 102 valence electrons. The summed E-state index contributed by atoms with van der Waals surface area (Å²) >= 11 is 0. The smallest absolute Gasteiger partial charge is 0.0964 e. The number of nitrogens with zero attached hydrogens (tertiary/aromatic N) is 3. The van der Waals surface area contributed by atoms with Gasteiger partial charge in [0.2, 0.25) is 0 Å². The molecular formula is C15H22N4. The van der Waals surface area contributed by atoms with Crippen molar-refractivity contribution in [3.8, 4) is 0 Å². The molecule has 2 aromatic heterocycles. The lowest BCUT2D eigenvalue weighted by Crippen LogP contribution is -2.34. The molecule has 0 bridgehead atoms. The minimum absolute atomic E-state index is 0.195. The topological polar surface area (TPSA) is 41.0 Å². The van der Waals surface area contributed by atoms with Gasteiger partial charge in [0.1, 0.15) is 0 Å². The second-order valence-electron chi connectivity index (χ2n) is 6.02. The molecule has 2 heterocycles. The molecule has 0 aliphatic carbocycles. The average molecular weight is 258 g/mol. The van der Waals surface area contributed by atoms with Crippen LogP contribution in [-0.2, 0) is 0 Å². The van der Waals surface area contributed by atoms with Gasteiger partial charge < -0.3 is 10.2 Å². The highest BCUT2D eigenvalue weighted by atomic mass is 15.1. The molecule has 0 spiro atoms. The standard InChI is InChI=1S/C15H22N4/c1-15(2,11-19(3)4)10-18-13-9-16-8-12-6-5-7-17-14(12)13/h5-9,18H,10-11H2,1-4H3. The third kappa shape index (κ3) is 3.64. The van der Waals surface area contributed by atoms with Gasteiger partial charge in [-0.1, -0.05) is 13.8 Å². The number of hydrogen-bond donors (Lipinski definition) is 1. The summed E-state index contributed by atoms with van der Waals surface area (Å²) in [5, 5.41) is 4.55. The molecule has 0 aliphatic rings. The minimum atomic E-state index is 0.195. The molecule has 0 aliphatic heterocycles. The lowest BCUT2D eigenvalue weighted by atomic mass is 9.93. The maximum Gasteiger partial charge on any atom is 0.0964 e. The van der Waals surface area contributed by atoms with Crippen LogP contribution in [0.15, 0.2) is 30.7 Å². The van der Waals surface area contributed by atoms with Gasteiger partial charge >= 0.3 is 0 Å². The Labute approximate surface area is 114 Å². The van der Waals surface area contributed by atoms with Crippen molar-refractivity contribution in [2.75, 3.05) is 32.5 Å². The van der Waals surface area contributed by atoms with E-state index in [1.54, 1.807) is 0 Å². The van der Waals surface area contributed by atoms with Gasteiger partial charge in [-0.3, -0.25) is 9.97 Å². The van der Waals surface area contributed by atoms with Crippen LogP contribution in [0.2, 0.25) is 0 Å². The number of fused-ring (bicyclic) bond motifs is 1. The second-order valence-corrected chi connectivity index (χ2v) is 6.02. The fourth-order valence-corrected chi connectivity index (χ4v) is 2.38. The maximum absolute atomic E-state index is 4.43. The zero-order valence-corrected chi connectivity index (χ0v) is 12.1. The monoisotopic (exact) mass is 258 g/mol. The van der Waals surface area contributed by atoms with E-state index in [1.165, 1.54) is 0 Å². The van der Waals surface area contributed by atoms with E-state index in [0.29, 0.717) is 0 Å². The van der Waals surface area contributed by atoms with Crippen LogP contribution in [0.5, 0.6) is 0 Å². The van der Waals surface area contributed by atoms with Gasteiger partial charge in [0, 0.05) is 30.9 Å². The van der Waals surface area contributed by atoms with Crippen molar-refractivity contribution in [2.45, 2.75) is 13.8 Å². The van der Waals surface area contributed by atoms with Crippen molar-refractivity contribution in [3.05, 3.63) is 30.7 Å². The lowest BCUT2D eigenvalue weighted by molar-refractivity contribution is 0.254. The van der Waals surface area contributed by atoms with Crippen molar-refractivity contribution in [1.29, 1.82) is 0 Å². The summed E-state index contributed by atoms with van der Waals surface area (Å²) in [6, 6.07) is 3.97. The molecule has 2 aromatic rings. The van der Waals surface area contributed by atoms with Gasteiger partial charge in [0.15, 0.2) is 0 Å². The fraction of sp³-hybridized carbons (Fsp3) is 0.467. The first-order valence-electron chi connectivity index (χ1n) is 6.55. The molecule has 0 saturated carbocycles. The van der Waals surface area contributed by atoms with Gasteiger partial charge in [-0.25, -0.2) is 0 Å². The molecular weight excluding hydrogens is 236 g/mol. The number of rotatable bonds is 5. The molecule has 4 nitrogen and oxygen atoms in total. The summed E-state index contributed by atoms with van der Waals surface area (Å²) in [7, 11) is 4.20. The molecule has 4 heteroatoms. The van der Waals surface area contributed by atoms with Crippen LogP contribution < -0.4 is 5.32 Å². The zero-order chi connectivity index (χ0) is 13.9. The van der Waals surface area contributed by atoms with Crippen LogP contribution in [0.3, 0.4) is 0 Å². The van der Waals surface area contributed by atoms with Crippen molar-refractivity contribution >= 4 is 16.6 Å². The van der Waals surface area contributed by atoms with Gasteiger partial charge in [-0.2, -0.15) is 0 Å². The molecule has 0 unspecified atom stereocenters. The van der Waals surface area contributed by atoms with E-state index < -0.39 is 0 Å². The highest BCUT2D eigenvalue weighted by molar-refractivity contribution is 5.88. The van der Waals surface area contributed by atoms with Gasteiger partial charge in [-0.15, -0.1) is 0 Å². The van der Waals surface area contributed by atoms with Crippen molar-refractivity contribution in [1.82, 2.24) is 14.9 Å². The van der Waals surface area contributed by atoms with Gasteiger partial charge in [0.25, 0.3) is 0 Å². The maximum atomic E-state index is 4.43. The quantitative estimate of drug-likeness (QED) is 0.895. The summed E-state index contributed by atoms with van der Waals surface area (Å²) in [6.07, 6.45) is 5.51. The summed E-state index contributed by atoms with van der Waals surface area (Å²) in [5.41, 5.74) is 2.18. The van der Waals surface area contributed by atoms with E-state index in [2.05, 4.69) is 48.1 Å². The Kier molecular flexibility index (Phi) is 4.00. The molecule has 0 amide bonds. The largest absolute Gasteiger partial charge is 0.381 e. The number of anilines is 1. The Hall–Kier alpha value is -1.68. The number of pyridine rings is 2. The molecule has 19 heavy (non-hydrogen) atoms. The third-order valence-corrected chi connectivity index (χ3v) is 3.01. The predicted molar refractivity (Wildman–Crippen MR) is 80.4 cm³/mol.